The highest BCUT2D eigenvalue weighted by Crippen LogP contribution is 2.28. The van der Waals surface area contributed by atoms with Crippen LogP contribution in [0.4, 0.5) is 8.78 Å². The van der Waals surface area contributed by atoms with E-state index in [2.05, 4.69) is 5.32 Å². The first-order chi connectivity index (χ1) is 6.27. The maximum absolute atomic E-state index is 13.3. The second-order valence-electron chi connectivity index (χ2n) is 3.26. The number of aliphatic hydroxyl groups is 1. The molecule has 0 unspecified atom stereocenters. The third-order valence-corrected chi connectivity index (χ3v) is 2.75. The molecule has 92 valence electrons. The van der Waals surface area contributed by atoms with Gasteiger partial charge in [-0.2, -0.15) is 0 Å². The normalized spacial score (nSPS) is 29.9. The molecule has 1 heterocycles. The van der Waals surface area contributed by atoms with Crippen molar-refractivity contribution < 1.29 is 22.3 Å². The zero-order valence-corrected chi connectivity index (χ0v) is 9.54. The van der Waals surface area contributed by atoms with Gasteiger partial charge in [-0.1, -0.05) is 0 Å². The van der Waals surface area contributed by atoms with E-state index in [9.17, 15) is 17.2 Å². The molecular formula is C6H13ClF2N2O3S. The van der Waals surface area contributed by atoms with Crippen LogP contribution in [0.1, 0.15) is 0 Å². The molecule has 0 amide bonds. The first-order valence-electron chi connectivity index (χ1n) is 3.96. The maximum Gasteiger partial charge on any atom is 0.282 e. The van der Waals surface area contributed by atoms with Crippen LogP contribution in [0, 0.1) is 0 Å². The lowest BCUT2D eigenvalue weighted by Gasteiger charge is -2.22. The molecule has 1 fully saturated rings. The van der Waals surface area contributed by atoms with Crippen LogP contribution in [0.2, 0.25) is 0 Å². The van der Waals surface area contributed by atoms with Gasteiger partial charge >= 0.3 is 0 Å². The van der Waals surface area contributed by atoms with Gasteiger partial charge in [0.15, 0.2) is 0 Å². The standard InChI is InChI=1S/C6H12F2N2O3S.ClH/c1-14(12,13)10-4-2-9-5(3-11)6(4,7)8;/h4-5,9-11H,2-3H2,1H3;1H/t4-,5-;/m1./s1. The zero-order chi connectivity index (χ0) is 11.0. The van der Waals surface area contributed by atoms with E-state index in [0.717, 1.165) is 6.26 Å². The minimum Gasteiger partial charge on any atom is -0.395 e. The van der Waals surface area contributed by atoms with Gasteiger partial charge in [-0.25, -0.2) is 21.9 Å². The van der Waals surface area contributed by atoms with Gasteiger partial charge in [-0.05, 0) is 0 Å². The van der Waals surface area contributed by atoms with Crippen molar-refractivity contribution >= 4 is 22.4 Å². The summed E-state index contributed by atoms with van der Waals surface area (Å²) in [6.45, 7) is -0.916. The average molecular weight is 267 g/mol. The van der Waals surface area contributed by atoms with Gasteiger partial charge in [0.05, 0.1) is 24.9 Å². The summed E-state index contributed by atoms with van der Waals surface area (Å²) in [6.07, 6.45) is 0.815. The Bertz CT molecular complexity index is 311. The van der Waals surface area contributed by atoms with Gasteiger partial charge < -0.3 is 10.4 Å². The Hall–Kier alpha value is -0.0200. The van der Waals surface area contributed by atoms with Crippen LogP contribution in [-0.4, -0.2) is 50.9 Å². The first-order valence-corrected chi connectivity index (χ1v) is 5.86. The molecule has 0 radical (unpaired) electrons. The number of aliphatic hydroxyl groups excluding tert-OH is 1. The van der Waals surface area contributed by atoms with Crippen molar-refractivity contribution in [2.45, 2.75) is 18.0 Å². The van der Waals surface area contributed by atoms with Gasteiger partial charge in [0, 0.05) is 6.54 Å². The summed E-state index contributed by atoms with van der Waals surface area (Å²) in [5, 5.41) is 10.9. The van der Waals surface area contributed by atoms with Gasteiger partial charge in [-0.3, -0.25) is 0 Å². The summed E-state index contributed by atoms with van der Waals surface area (Å²) >= 11 is 0. The van der Waals surface area contributed by atoms with Gasteiger partial charge in [0.2, 0.25) is 10.0 Å². The number of alkyl halides is 2. The van der Waals surface area contributed by atoms with Crippen molar-refractivity contribution in [3.63, 3.8) is 0 Å². The predicted octanol–water partition coefficient (Wildman–Crippen LogP) is -1.07. The van der Waals surface area contributed by atoms with Crippen LogP contribution in [0.15, 0.2) is 0 Å². The smallest absolute Gasteiger partial charge is 0.282 e. The van der Waals surface area contributed by atoms with E-state index >= 15 is 0 Å². The number of halogens is 3. The van der Waals surface area contributed by atoms with Gasteiger partial charge in [0.1, 0.15) is 0 Å². The van der Waals surface area contributed by atoms with Crippen LogP contribution in [0.5, 0.6) is 0 Å². The highest BCUT2D eigenvalue weighted by Gasteiger charge is 2.52. The molecule has 2 atom stereocenters. The second kappa shape index (κ2) is 4.88. The Balaban J connectivity index is 0.00000196. The topological polar surface area (TPSA) is 78.4 Å². The van der Waals surface area contributed by atoms with Crippen molar-refractivity contribution in [3.05, 3.63) is 0 Å². The summed E-state index contributed by atoms with van der Waals surface area (Å²) in [6, 6.07) is -2.88. The van der Waals surface area contributed by atoms with E-state index in [1.807, 2.05) is 4.72 Å². The molecule has 0 aromatic rings. The molecule has 0 bridgehead atoms. The highest BCUT2D eigenvalue weighted by atomic mass is 35.5. The average Bonchev–Trinajstić information content (AvgIpc) is 2.24. The summed E-state index contributed by atoms with van der Waals surface area (Å²) in [5.74, 6) is -3.27. The molecule has 9 heteroatoms. The first kappa shape index (κ1) is 15.0. The fourth-order valence-electron chi connectivity index (χ4n) is 1.34. The Labute approximate surface area is 92.7 Å². The van der Waals surface area contributed by atoms with Crippen molar-refractivity contribution in [2.75, 3.05) is 19.4 Å². The van der Waals surface area contributed by atoms with E-state index in [-0.39, 0.29) is 19.0 Å². The zero-order valence-electron chi connectivity index (χ0n) is 7.91. The Morgan fingerprint density at radius 1 is 1.60 bits per heavy atom. The lowest BCUT2D eigenvalue weighted by molar-refractivity contribution is -0.0421. The summed E-state index contributed by atoms with van der Waals surface area (Å²) in [7, 11) is -3.66. The summed E-state index contributed by atoms with van der Waals surface area (Å²) in [5.41, 5.74) is 0. The lowest BCUT2D eigenvalue weighted by Crippen LogP contribution is -2.50. The molecule has 0 aliphatic carbocycles. The Kier molecular flexibility index (Phi) is 4.87. The second-order valence-corrected chi connectivity index (χ2v) is 5.04. The van der Waals surface area contributed by atoms with Gasteiger partial charge in [0.25, 0.3) is 5.92 Å². The van der Waals surface area contributed by atoms with E-state index in [1.165, 1.54) is 0 Å². The number of rotatable bonds is 3. The molecule has 1 rings (SSSR count). The minimum absolute atomic E-state index is 0. The molecular weight excluding hydrogens is 254 g/mol. The van der Waals surface area contributed by atoms with E-state index in [0.29, 0.717) is 0 Å². The molecule has 5 nitrogen and oxygen atoms in total. The molecule has 0 spiro atoms. The molecule has 15 heavy (non-hydrogen) atoms. The van der Waals surface area contributed by atoms with E-state index < -0.39 is 34.6 Å². The van der Waals surface area contributed by atoms with Gasteiger partial charge in [-0.15, -0.1) is 12.4 Å². The van der Waals surface area contributed by atoms with Crippen LogP contribution in [-0.2, 0) is 10.0 Å². The van der Waals surface area contributed by atoms with Crippen molar-refractivity contribution in [1.29, 1.82) is 0 Å². The molecule has 1 saturated heterocycles. The quantitative estimate of drug-likeness (QED) is 0.608. The third-order valence-electron chi connectivity index (χ3n) is 2.04. The van der Waals surface area contributed by atoms with Crippen LogP contribution < -0.4 is 10.0 Å². The number of hydrogen-bond acceptors (Lipinski definition) is 4. The van der Waals surface area contributed by atoms with E-state index in [4.69, 9.17) is 5.11 Å². The monoisotopic (exact) mass is 266 g/mol. The highest BCUT2D eigenvalue weighted by molar-refractivity contribution is 7.88. The van der Waals surface area contributed by atoms with Crippen molar-refractivity contribution in [3.8, 4) is 0 Å². The molecule has 1 aliphatic heterocycles. The lowest BCUT2D eigenvalue weighted by atomic mass is 10.1. The molecule has 0 aromatic carbocycles. The molecule has 3 N–H and O–H groups in total. The molecule has 1 aliphatic rings. The number of sulfonamides is 1. The van der Waals surface area contributed by atoms with Crippen LogP contribution in [0.3, 0.4) is 0 Å². The summed E-state index contributed by atoms with van der Waals surface area (Å²) < 4.78 is 49.8. The molecule has 0 aromatic heterocycles. The Morgan fingerprint density at radius 3 is 2.47 bits per heavy atom. The maximum atomic E-state index is 13.3. The van der Waals surface area contributed by atoms with Crippen molar-refractivity contribution in [2.24, 2.45) is 0 Å². The SMILES string of the molecule is CS(=O)(=O)N[C@@H]1CN[C@H](CO)C1(F)F.Cl. The number of nitrogens with one attached hydrogen (secondary N) is 2. The fourth-order valence-corrected chi connectivity index (χ4v) is 2.10. The fraction of sp³-hybridized carbons (Fsp3) is 1.00. The third kappa shape index (κ3) is 3.49. The largest absolute Gasteiger partial charge is 0.395 e. The Morgan fingerprint density at radius 2 is 2.13 bits per heavy atom. The van der Waals surface area contributed by atoms with Crippen LogP contribution in [0.25, 0.3) is 0 Å². The predicted molar refractivity (Wildman–Crippen MR) is 52.8 cm³/mol. The van der Waals surface area contributed by atoms with Crippen LogP contribution >= 0.6 is 12.4 Å². The minimum atomic E-state index is -3.66. The molecule has 0 saturated carbocycles. The number of hydrogen-bond donors (Lipinski definition) is 3. The van der Waals surface area contributed by atoms with E-state index in [1.54, 1.807) is 0 Å². The van der Waals surface area contributed by atoms with Crippen molar-refractivity contribution in [1.82, 2.24) is 10.0 Å². The summed E-state index contributed by atoms with van der Waals surface area (Å²) in [4.78, 5) is 0.